The monoisotopic (exact) mass is 240 g/mol. The maximum atomic E-state index is 5.77. The van der Waals surface area contributed by atoms with Crippen molar-refractivity contribution in [3.05, 3.63) is 16.3 Å². The van der Waals surface area contributed by atoms with Gasteiger partial charge in [0.25, 0.3) is 0 Å². The molecule has 1 fully saturated rings. The number of likely N-dealkylation sites (N-methyl/N-ethyl adjacent to an activating group) is 1. The van der Waals surface area contributed by atoms with E-state index in [4.69, 9.17) is 4.74 Å². The van der Waals surface area contributed by atoms with Gasteiger partial charge in [-0.3, -0.25) is 9.80 Å². The molecular formula is C12H20N2OS. The lowest BCUT2D eigenvalue weighted by Gasteiger charge is -2.23. The molecule has 0 saturated carbocycles. The van der Waals surface area contributed by atoms with Crippen LogP contribution in [0.2, 0.25) is 0 Å². The summed E-state index contributed by atoms with van der Waals surface area (Å²) in [4.78, 5) is 4.83. The van der Waals surface area contributed by atoms with Crippen molar-refractivity contribution in [2.45, 2.75) is 20.0 Å². The molecule has 1 atom stereocenters. The number of nitrogens with zero attached hydrogens (tertiary/aromatic N) is 2. The molecule has 16 heavy (non-hydrogen) atoms. The first-order valence-corrected chi connectivity index (χ1v) is 6.72. The SMILES string of the molecule is Cc1cscc1OCCN1CCN(C)C1C. The highest BCUT2D eigenvalue weighted by molar-refractivity contribution is 7.08. The fourth-order valence-corrected chi connectivity index (χ4v) is 2.77. The van der Waals surface area contributed by atoms with Gasteiger partial charge < -0.3 is 4.74 Å². The number of ether oxygens (including phenoxy) is 1. The zero-order valence-electron chi connectivity index (χ0n) is 10.3. The highest BCUT2D eigenvalue weighted by Crippen LogP contribution is 2.22. The second kappa shape index (κ2) is 5.17. The van der Waals surface area contributed by atoms with Gasteiger partial charge in [0, 0.05) is 30.6 Å². The summed E-state index contributed by atoms with van der Waals surface area (Å²) in [6, 6.07) is 0. The van der Waals surface area contributed by atoms with Crippen LogP contribution in [0.4, 0.5) is 0 Å². The van der Waals surface area contributed by atoms with Crippen LogP contribution in [0.3, 0.4) is 0 Å². The molecule has 0 aliphatic carbocycles. The third-order valence-corrected chi connectivity index (χ3v) is 4.19. The van der Waals surface area contributed by atoms with Crippen molar-refractivity contribution in [2.24, 2.45) is 0 Å². The van der Waals surface area contributed by atoms with E-state index in [-0.39, 0.29) is 0 Å². The van der Waals surface area contributed by atoms with Crippen molar-refractivity contribution in [3.63, 3.8) is 0 Å². The molecule has 2 rings (SSSR count). The van der Waals surface area contributed by atoms with Crippen LogP contribution >= 0.6 is 11.3 Å². The molecule has 90 valence electrons. The first kappa shape index (κ1) is 11.9. The third-order valence-electron chi connectivity index (χ3n) is 3.35. The summed E-state index contributed by atoms with van der Waals surface area (Å²) < 4.78 is 5.77. The van der Waals surface area contributed by atoms with Crippen LogP contribution in [0.5, 0.6) is 5.75 Å². The van der Waals surface area contributed by atoms with E-state index < -0.39 is 0 Å². The Morgan fingerprint density at radius 1 is 1.44 bits per heavy atom. The highest BCUT2D eigenvalue weighted by Gasteiger charge is 2.24. The standard InChI is InChI=1S/C12H20N2OS/c1-10-8-16-9-12(10)15-7-6-14-5-4-13(3)11(14)2/h8-9,11H,4-7H2,1-3H3. The van der Waals surface area contributed by atoms with Crippen LogP contribution in [0.15, 0.2) is 10.8 Å². The Bertz CT molecular complexity index is 340. The minimum Gasteiger partial charge on any atom is -0.491 e. The van der Waals surface area contributed by atoms with E-state index in [1.54, 1.807) is 11.3 Å². The molecule has 1 aromatic rings. The quantitative estimate of drug-likeness (QED) is 0.801. The van der Waals surface area contributed by atoms with E-state index in [0.717, 1.165) is 25.4 Å². The van der Waals surface area contributed by atoms with Crippen molar-refractivity contribution < 1.29 is 4.74 Å². The number of rotatable bonds is 4. The lowest BCUT2D eigenvalue weighted by Crippen LogP contribution is -2.36. The van der Waals surface area contributed by atoms with Crippen molar-refractivity contribution >= 4 is 11.3 Å². The van der Waals surface area contributed by atoms with Gasteiger partial charge in [0.15, 0.2) is 0 Å². The van der Waals surface area contributed by atoms with E-state index in [1.807, 2.05) is 0 Å². The molecule has 0 spiro atoms. The van der Waals surface area contributed by atoms with Gasteiger partial charge in [-0.05, 0) is 26.3 Å². The van der Waals surface area contributed by atoms with E-state index in [1.165, 1.54) is 12.1 Å². The lowest BCUT2D eigenvalue weighted by atomic mass is 10.4. The van der Waals surface area contributed by atoms with Crippen LogP contribution in [-0.4, -0.2) is 49.3 Å². The number of thiophene rings is 1. The van der Waals surface area contributed by atoms with Gasteiger partial charge in [-0.25, -0.2) is 0 Å². The van der Waals surface area contributed by atoms with E-state index >= 15 is 0 Å². The summed E-state index contributed by atoms with van der Waals surface area (Å²) >= 11 is 1.70. The van der Waals surface area contributed by atoms with Crippen LogP contribution in [-0.2, 0) is 0 Å². The number of hydrogen-bond acceptors (Lipinski definition) is 4. The Morgan fingerprint density at radius 3 is 2.81 bits per heavy atom. The summed E-state index contributed by atoms with van der Waals surface area (Å²) in [5.41, 5.74) is 1.25. The van der Waals surface area contributed by atoms with Gasteiger partial charge in [0.2, 0.25) is 0 Å². The Hall–Kier alpha value is -0.580. The molecule has 0 bridgehead atoms. The third kappa shape index (κ3) is 2.56. The molecule has 1 unspecified atom stereocenters. The Balaban J connectivity index is 1.75. The number of hydrogen-bond donors (Lipinski definition) is 0. The van der Waals surface area contributed by atoms with Gasteiger partial charge >= 0.3 is 0 Å². The average molecular weight is 240 g/mol. The lowest BCUT2D eigenvalue weighted by molar-refractivity contribution is 0.150. The van der Waals surface area contributed by atoms with Gasteiger partial charge in [-0.15, -0.1) is 11.3 Å². The smallest absolute Gasteiger partial charge is 0.132 e. The van der Waals surface area contributed by atoms with E-state index in [2.05, 4.69) is 41.5 Å². The zero-order chi connectivity index (χ0) is 11.5. The topological polar surface area (TPSA) is 15.7 Å². The zero-order valence-corrected chi connectivity index (χ0v) is 11.1. The molecule has 0 radical (unpaired) electrons. The van der Waals surface area contributed by atoms with Crippen molar-refractivity contribution in [1.82, 2.24) is 9.80 Å². The normalized spacial score (nSPS) is 22.8. The summed E-state index contributed by atoms with van der Waals surface area (Å²) in [6.45, 7) is 8.47. The molecule has 3 nitrogen and oxygen atoms in total. The minimum atomic E-state index is 0.548. The molecule has 0 amide bonds. The molecule has 1 aromatic heterocycles. The first-order valence-electron chi connectivity index (χ1n) is 5.78. The van der Waals surface area contributed by atoms with Crippen LogP contribution < -0.4 is 4.74 Å². The van der Waals surface area contributed by atoms with Crippen LogP contribution in [0, 0.1) is 6.92 Å². The first-order chi connectivity index (χ1) is 7.68. The van der Waals surface area contributed by atoms with Crippen molar-refractivity contribution in [2.75, 3.05) is 33.3 Å². The fraction of sp³-hybridized carbons (Fsp3) is 0.667. The van der Waals surface area contributed by atoms with Crippen LogP contribution in [0.1, 0.15) is 12.5 Å². The second-order valence-electron chi connectivity index (χ2n) is 4.42. The Kier molecular flexibility index (Phi) is 3.84. The van der Waals surface area contributed by atoms with Gasteiger partial charge in [0.05, 0.1) is 6.17 Å². The Morgan fingerprint density at radius 2 is 2.25 bits per heavy atom. The molecule has 1 aliphatic heterocycles. The highest BCUT2D eigenvalue weighted by atomic mass is 32.1. The molecular weight excluding hydrogens is 220 g/mol. The van der Waals surface area contributed by atoms with Gasteiger partial charge in [-0.2, -0.15) is 0 Å². The average Bonchev–Trinajstić information content (AvgIpc) is 2.80. The van der Waals surface area contributed by atoms with Crippen molar-refractivity contribution in [3.8, 4) is 5.75 Å². The van der Waals surface area contributed by atoms with E-state index in [9.17, 15) is 0 Å². The predicted octanol–water partition coefficient (Wildman–Crippen LogP) is 2.03. The fourth-order valence-electron chi connectivity index (χ4n) is 2.01. The predicted molar refractivity (Wildman–Crippen MR) is 68.2 cm³/mol. The van der Waals surface area contributed by atoms with Gasteiger partial charge in [-0.1, -0.05) is 0 Å². The van der Waals surface area contributed by atoms with Crippen molar-refractivity contribution in [1.29, 1.82) is 0 Å². The summed E-state index contributed by atoms with van der Waals surface area (Å²) in [7, 11) is 2.18. The summed E-state index contributed by atoms with van der Waals surface area (Å²) in [5, 5.41) is 4.20. The summed E-state index contributed by atoms with van der Waals surface area (Å²) in [5.74, 6) is 1.05. The van der Waals surface area contributed by atoms with Crippen LogP contribution in [0.25, 0.3) is 0 Å². The van der Waals surface area contributed by atoms with Gasteiger partial charge in [0.1, 0.15) is 12.4 Å². The summed E-state index contributed by atoms with van der Waals surface area (Å²) in [6.07, 6.45) is 0.548. The van der Waals surface area contributed by atoms with E-state index in [0.29, 0.717) is 6.17 Å². The Labute approximate surface area is 102 Å². The molecule has 0 aromatic carbocycles. The second-order valence-corrected chi connectivity index (χ2v) is 5.16. The minimum absolute atomic E-state index is 0.548. The molecule has 1 saturated heterocycles. The molecule has 1 aliphatic rings. The molecule has 4 heteroatoms. The maximum absolute atomic E-state index is 5.77. The largest absolute Gasteiger partial charge is 0.491 e. The molecule has 0 N–H and O–H groups in total. The molecule has 2 heterocycles. The maximum Gasteiger partial charge on any atom is 0.132 e. The number of aryl methyl sites for hydroxylation is 1.